The van der Waals surface area contributed by atoms with E-state index in [-0.39, 0.29) is 35.7 Å². The zero-order valence-electron chi connectivity index (χ0n) is 16.6. The summed E-state index contributed by atoms with van der Waals surface area (Å²) in [7, 11) is 0. The molecule has 0 saturated carbocycles. The van der Waals surface area contributed by atoms with Gasteiger partial charge in [-0.25, -0.2) is 13.8 Å². The van der Waals surface area contributed by atoms with Gasteiger partial charge in [-0.05, 0) is 18.2 Å². The number of oxazole rings is 1. The monoisotopic (exact) mass is 437 g/mol. The highest BCUT2D eigenvalue weighted by Crippen LogP contribution is 2.24. The molecule has 162 valence electrons. The lowest BCUT2D eigenvalue weighted by molar-refractivity contribution is -0.121. The van der Waals surface area contributed by atoms with Gasteiger partial charge in [-0.2, -0.15) is 5.10 Å². The van der Waals surface area contributed by atoms with Crippen molar-refractivity contribution in [2.75, 3.05) is 0 Å². The van der Waals surface area contributed by atoms with Gasteiger partial charge in [0.15, 0.2) is 11.7 Å². The molecule has 2 heterocycles. The average Bonchev–Trinajstić information content (AvgIpc) is 3.47. The lowest BCUT2D eigenvalue weighted by atomic mass is 10.1. The first kappa shape index (κ1) is 20.9. The highest BCUT2D eigenvalue weighted by atomic mass is 19.1. The van der Waals surface area contributed by atoms with Crippen LogP contribution in [-0.2, 0) is 11.2 Å². The standard InChI is InChI=1S/C22H17F2N5O3/c23-14-6-7-15(16(24)10-14)19-12-25-21(32-19)9-8-20(30)28-29-22(31)18-11-17(26-27-18)13-4-2-1-3-5-13/h1-7,10-12H,8-9H2,(H,26,27)(H,28,30)(H,29,31). The zero-order chi connectivity index (χ0) is 22.5. The molecule has 2 amide bonds. The summed E-state index contributed by atoms with van der Waals surface area (Å²) >= 11 is 0. The number of nitrogens with zero attached hydrogens (tertiary/aromatic N) is 2. The molecule has 0 atom stereocenters. The number of carbonyl (C=O) groups is 2. The Morgan fingerprint density at radius 3 is 2.62 bits per heavy atom. The van der Waals surface area contributed by atoms with Crippen LogP contribution in [0.3, 0.4) is 0 Å². The summed E-state index contributed by atoms with van der Waals surface area (Å²) < 4.78 is 32.3. The first-order valence-corrected chi connectivity index (χ1v) is 9.60. The van der Waals surface area contributed by atoms with E-state index in [4.69, 9.17) is 4.42 Å². The van der Waals surface area contributed by atoms with Crippen molar-refractivity contribution in [1.29, 1.82) is 0 Å². The Kier molecular flexibility index (Phi) is 6.02. The molecule has 0 unspecified atom stereocenters. The summed E-state index contributed by atoms with van der Waals surface area (Å²) in [5.41, 5.74) is 6.29. The predicted molar refractivity (Wildman–Crippen MR) is 110 cm³/mol. The van der Waals surface area contributed by atoms with Crippen LogP contribution in [0.25, 0.3) is 22.6 Å². The largest absolute Gasteiger partial charge is 0.441 e. The van der Waals surface area contributed by atoms with Gasteiger partial charge in [0.2, 0.25) is 5.91 Å². The maximum absolute atomic E-state index is 13.8. The molecule has 0 saturated heterocycles. The second-order valence-corrected chi connectivity index (χ2v) is 6.78. The van der Waals surface area contributed by atoms with Crippen molar-refractivity contribution in [3.05, 3.63) is 84.0 Å². The highest BCUT2D eigenvalue weighted by molar-refractivity contribution is 5.94. The number of hydrogen-bond acceptors (Lipinski definition) is 5. The summed E-state index contributed by atoms with van der Waals surface area (Å²) in [5.74, 6) is -2.18. The van der Waals surface area contributed by atoms with Gasteiger partial charge in [-0.15, -0.1) is 0 Å². The summed E-state index contributed by atoms with van der Waals surface area (Å²) in [6.45, 7) is 0. The van der Waals surface area contributed by atoms with E-state index in [9.17, 15) is 18.4 Å². The Morgan fingerprint density at radius 1 is 1.03 bits per heavy atom. The molecule has 2 aromatic carbocycles. The molecule has 4 rings (SSSR count). The minimum atomic E-state index is -0.776. The third kappa shape index (κ3) is 4.86. The van der Waals surface area contributed by atoms with Gasteiger partial charge in [-0.3, -0.25) is 25.5 Å². The van der Waals surface area contributed by atoms with Crippen LogP contribution in [0.4, 0.5) is 8.78 Å². The number of benzene rings is 2. The van der Waals surface area contributed by atoms with Gasteiger partial charge in [-0.1, -0.05) is 30.3 Å². The molecule has 8 nitrogen and oxygen atoms in total. The Morgan fingerprint density at radius 2 is 1.84 bits per heavy atom. The van der Waals surface area contributed by atoms with E-state index in [1.165, 1.54) is 12.3 Å². The number of aryl methyl sites for hydroxylation is 1. The van der Waals surface area contributed by atoms with E-state index in [1.807, 2.05) is 30.3 Å². The fourth-order valence-corrected chi connectivity index (χ4v) is 2.91. The molecule has 0 aliphatic rings. The van der Waals surface area contributed by atoms with Gasteiger partial charge in [0, 0.05) is 24.5 Å². The van der Waals surface area contributed by atoms with Gasteiger partial charge < -0.3 is 4.42 Å². The van der Waals surface area contributed by atoms with E-state index in [0.717, 1.165) is 17.7 Å². The lowest BCUT2D eigenvalue weighted by Gasteiger charge is -2.05. The van der Waals surface area contributed by atoms with Crippen molar-refractivity contribution >= 4 is 11.8 Å². The SMILES string of the molecule is O=C(CCc1ncc(-c2ccc(F)cc2F)o1)NNC(=O)c1cc(-c2ccccc2)n[nH]1. The van der Waals surface area contributed by atoms with Crippen LogP contribution in [0.15, 0.2) is 65.2 Å². The van der Waals surface area contributed by atoms with Crippen LogP contribution in [0.1, 0.15) is 22.8 Å². The molecule has 0 aliphatic heterocycles. The molecular weight excluding hydrogens is 420 g/mol. The zero-order valence-corrected chi connectivity index (χ0v) is 16.6. The molecule has 3 N–H and O–H groups in total. The van der Waals surface area contributed by atoms with Gasteiger partial charge in [0.25, 0.3) is 5.91 Å². The number of rotatable bonds is 6. The second kappa shape index (κ2) is 9.21. The minimum absolute atomic E-state index is 0.0373. The summed E-state index contributed by atoms with van der Waals surface area (Å²) in [4.78, 5) is 28.2. The van der Waals surface area contributed by atoms with Crippen molar-refractivity contribution in [1.82, 2.24) is 26.0 Å². The van der Waals surface area contributed by atoms with Gasteiger partial charge in [0.05, 0.1) is 17.5 Å². The average molecular weight is 437 g/mol. The van der Waals surface area contributed by atoms with Crippen LogP contribution < -0.4 is 10.9 Å². The number of hydrazine groups is 1. The van der Waals surface area contributed by atoms with Gasteiger partial charge in [0.1, 0.15) is 17.3 Å². The van der Waals surface area contributed by atoms with Crippen molar-refractivity contribution in [3.8, 4) is 22.6 Å². The number of carbonyl (C=O) groups excluding carboxylic acids is 2. The molecule has 0 bridgehead atoms. The van der Waals surface area contributed by atoms with Crippen LogP contribution in [-0.4, -0.2) is 27.0 Å². The predicted octanol–water partition coefficient (Wildman–Crippen LogP) is 3.40. The second-order valence-electron chi connectivity index (χ2n) is 6.78. The molecule has 10 heteroatoms. The van der Waals surface area contributed by atoms with Crippen LogP contribution in [0, 0.1) is 11.6 Å². The third-order valence-electron chi connectivity index (χ3n) is 4.52. The Hall–Kier alpha value is -4.34. The third-order valence-corrected chi connectivity index (χ3v) is 4.52. The van der Waals surface area contributed by atoms with Gasteiger partial charge >= 0.3 is 0 Å². The van der Waals surface area contributed by atoms with Crippen molar-refractivity contribution < 1.29 is 22.8 Å². The Labute approximate surface area is 180 Å². The fraction of sp³-hybridized carbons (Fsp3) is 0.0909. The maximum Gasteiger partial charge on any atom is 0.287 e. The van der Waals surface area contributed by atoms with Crippen LogP contribution >= 0.6 is 0 Å². The Balaban J connectivity index is 1.27. The van der Waals surface area contributed by atoms with E-state index in [0.29, 0.717) is 5.69 Å². The summed E-state index contributed by atoms with van der Waals surface area (Å²) in [5, 5.41) is 6.70. The number of aromatic nitrogens is 3. The van der Waals surface area contributed by atoms with Crippen molar-refractivity contribution in [3.63, 3.8) is 0 Å². The number of aromatic amines is 1. The fourth-order valence-electron chi connectivity index (χ4n) is 2.91. The molecule has 0 radical (unpaired) electrons. The molecule has 2 aromatic heterocycles. The number of amides is 2. The van der Waals surface area contributed by atoms with Crippen molar-refractivity contribution in [2.24, 2.45) is 0 Å². The molecule has 32 heavy (non-hydrogen) atoms. The normalized spacial score (nSPS) is 10.7. The molecule has 0 aliphatic carbocycles. The topological polar surface area (TPSA) is 113 Å². The van der Waals surface area contributed by atoms with E-state index in [1.54, 1.807) is 6.07 Å². The maximum atomic E-state index is 13.8. The minimum Gasteiger partial charge on any atom is -0.441 e. The molecular formula is C22H17F2N5O3. The van der Waals surface area contributed by atoms with E-state index >= 15 is 0 Å². The van der Waals surface area contributed by atoms with E-state index in [2.05, 4.69) is 26.0 Å². The van der Waals surface area contributed by atoms with E-state index < -0.39 is 23.4 Å². The first-order chi connectivity index (χ1) is 15.5. The smallest absolute Gasteiger partial charge is 0.287 e. The first-order valence-electron chi connectivity index (χ1n) is 9.60. The number of nitrogens with one attached hydrogen (secondary N) is 3. The van der Waals surface area contributed by atoms with Crippen molar-refractivity contribution in [2.45, 2.75) is 12.8 Å². The summed E-state index contributed by atoms with van der Waals surface area (Å²) in [6, 6.07) is 14.0. The molecule has 0 spiro atoms. The lowest BCUT2D eigenvalue weighted by Crippen LogP contribution is -2.41. The molecule has 0 fully saturated rings. The number of hydrogen-bond donors (Lipinski definition) is 3. The quantitative estimate of drug-likeness (QED) is 0.400. The Bertz CT molecular complexity index is 1250. The van der Waals surface area contributed by atoms with Crippen LogP contribution in [0.2, 0.25) is 0 Å². The highest BCUT2D eigenvalue weighted by Gasteiger charge is 2.14. The number of halogens is 2. The molecule has 4 aromatic rings. The van der Waals surface area contributed by atoms with Crippen LogP contribution in [0.5, 0.6) is 0 Å². The number of H-pyrrole nitrogens is 1. The summed E-state index contributed by atoms with van der Waals surface area (Å²) in [6.07, 6.45) is 1.38.